The molecule has 2 rings (SSSR count). The van der Waals surface area contributed by atoms with Gasteiger partial charge in [0, 0.05) is 5.92 Å². The number of aromatic amines is 1. The molecule has 1 aromatic rings. The molecule has 1 fully saturated rings. The van der Waals surface area contributed by atoms with Gasteiger partial charge in [0.15, 0.2) is 5.69 Å². The first kappa shape index (κ1) is 14.0. The quantitative estimate of drug-likeness (QED) is 0.595. The van der Waals surface area contributed by atoms with E-state index < -0.39 is 16.0 Å². The maximum Gasteiger partial charge on any atom is 0.360 e. The molecular formula is C11H17N3O4S. The summed E-state index contributed by atoms with van der Waals surface area (Å²) < 4.78 is 28.2. The Morgan fingerprint density at radius 1 is 1.53 bits per heavy atom. The second-order valence-corrected chi connectivity index (χ2v) is 6.12. The molecule has 1 aliphatic carbocycles. The Morgan fingerprint density at radius 3 is 2.74 bits per heavy atom. The molecular weight excluding hydrogens is 270 g/mol. The van der Waals surface area contributed by atoms with Crippen LogP contribution in [0.5, 0.6) is 0 Å². The first-order valence-electron chi connectivity index (χ1n) is 6.23. The van der Waals surface area contributed by atoms with Crippen molar-refractivity contribution < 1.29 is 17.9 Å². The van der Waals surface area contributed by atoms with Crippen LogP contribution in [0.25, 0.3) is 0 Å². The Kier molecular flexibility index (Phi) is 3.91. The number of carbonyl (C=O) groups is 1. The van der Waals surface area contributed by atoms with Crippen LogP contribution in [0.4, 0.5) is 0 Å². The Hall–Kier alpha value is -1.41. The van der Waals surface area contributed by atoms with Gasteiger partial charge < -0.3 is 4.74 Å². The predicted molar refractivity (Wildman–Crippen MR) is 67.1 cm³/mol. The van der Waals surface area contributed by atoms with Gasteiger partial charge in [0.25, 0.3) is 0 Å². The average molecular weight is 287 g/mol. The van der Waals surface area contributed by atoms with Crippen molar-refractivity contribution in [1.82, 2.24) is 10.2 Å². The average Bonchev–Trinajstić information content (AvgIpc) is 3.06. The number of H-pyrrole nitrogens is 1. The minimum Gasteiger partial charge on any atom is -0.461 e. The zero-order valence-electron chi connectivity index (χ0n) is 10.7. The number of nitrogens with two attached hydrogens (primary N) is 1. The normalized spacial score (nSPS) is 15.5. The van der Waals surface area contributed by atoms with Crippen LogP contribution in [0, 0.1) is 0 Å². The van der Waals surface area contributed by atoms with Crippen LogP contribution in [-0.2, 0) is 14.8 Å². The zero-order valence-corrected chi connectivity index (χ0v) is 11.5. The number of primary sulfonamides is 1. The lowest BCUT2D eigenvalue weighted by Gasteiger charge is -2.04. The molecule has 7 nitrogen and oxygen atoms in total. The monoisotopic (exact) mass is 287 g/mol. The minimum absolute atomic E-state index is 0.0954. The summed E-state index contributed by atoms with van der Waals surface area (Å²) in [6.45, 7) is 2.20. The maximum atomic E-state index is 11.8. The Balaban J connectivity index is 2.27. The van der Waals surface area contributed by atoms with E-state index in [1.54, 1.807) is 0 Å². The van der Waals surface area contributed by atoms with Crippen molar-refractivity contribution >= 4 is 16.0 Å². The van der Waals surface area contributed by atoms with Gasteiger partial charge in [-0.2, -0.15) is 5.10 Å². The third-order valence-corrected chi connectivity index (χ3v) is 3.92. The van der Waals surface area contributed by atoms with Crippen LogP contribution >= 0.6 is 0 Å². The van der Waals surface area contributed by atoms with Gasteiger partial charge in [-0.1, -0.05) is 13.3 Å². The van der Waals surface area contributed by atoms with Crippen molar-refractivity contribution in [2.75, 3.05) is 6.61 Å². The number of aromatic nitrogens is 2. The van der Waals surface area contributed by atoms with Crippen molar-refractivity contribution in [3.63, 3.8) is 0 Å². The summed E-state index contributed by atoms with van der Waals surface area (Å²) in [5, 5.41) is 11.5. The smallest absolute Gasteiger partial charge is 0.360 e. The second-order valence-electron chi connectivity index (χ2n) is 4.62. The molecule has 1 aliphatic rings. The molecule has 0 saturated heterocycles. The van der Waals surface area contributed by atoms with E-state index in [1.165, 1.54) is 0 Å². The summed E-state index contributed by atoms with van der Waals surface area (Å²) >= 11 is 0. The molecule has 1 saturated carbocycles. The van der Waals surface area contributed by atoms with Gasteiger partial charge in [-0.05, 0) is 19.3 Å². The standard InChI is InChI=1S/C11H17N3O4S/c1-2-3-6-18-11(15)9-10(19(12,16)17)8(13-14-9)7-4-5-7/h7H,2-6H2,1H3,(H,13,14)(H2,12,16,17). The molecule has 0 bridgehead atoms. The Morgan fingerprint density at radius 2 is 2.21 bits per heavy atom. The topological polar surface area (TPSA) is 115 Å². The van der Waals surface area contributed by atoms with Gasteiger partial charge in [-0.25, -0.2) is 18.4 Å². The number of unbranched alkanes of at least 4 members (excludes halogenated alkanes) is 1. The van der Waals surface area contributed by atoms with E-state index in [0.29, 0.717) is 5.69 Å². The number of carbonyl (C=O) groups excluding carboxylic acids is 1. The summed E-state index contributed by atoms with van der Waals surface area (Å²) in [5.41, 5.74) is 0.186. The Labute approximate surface area is 111 Å². The highest BCUT2D eigenvalue weighted by molar-refractivity contribution is 7.89. The zero-order chi connectivity index (χ0) is 14.0. The fraction of sp³-hybridized carbons (Fsp3) is 0.636. The molecule has 0 aliphatic heterocycles. The number of hydrogen-bond acceptors (Lipinski definition) is 5. The van der Waals surface area contributed by atoms with E-state index in [9.17, 15) is 13.2 Å². The molecule has 3 N–H and O–H groups in total. The van der Waals surface area contributed by atoms with Gasteiger partial charge >= 0.3 is 5.97 Å². The first-order valence-corrected chi connectivity index (χ1v) is 7.78. The highest BCUT2D eigenvalue weighted by Gasteiger charge is 2.36. The lowest BCUT2D eigenvalue weighted by atomic mass is 10.2. The summed E-state index contributed by atoms with van der Waals surface area (Å²) in [5.74, 6) is -0.654. The fourth-order valence-corrected chi connectivity index (χ4v) is 2.72. The van der Waals surface area contributed by atoms with Gasteiger partial charge in [0.1, 0.15) is 4.90 Å². The molecule has 0 spiro atoms. The van der Waals surface area contributed by atoms with E-state index in [-0.39, 0.29) is 23.1 Å². The lowest BCUT2D eigenvalue weighted by Crippen LogP contribution is -2.18. The molecule has 0 aromatic carbocycles. The van der Waals surface area contributed by atoms with E-state index in [4.69, 9.17) is 9.88 Å². The number of nitrogens with one attached hydrogen (secondary N) is 1. The number of sulfonamides is 1. The van der Waals surface area contributed by atoms with Crippen molar-refractivity contribution in [3.8, 4) is 0 Å². The minimum atomic E-state index is -4.00. The molecule has 0 atom stereocenters. The van der Waals surface area contributed by atoms with Crippen LogP contribution in [0.3, 0.4) is 0 Å². The van der Waals surface area contributed by atoms with Crippen molar-refractivity contribution in [2.45, 2.75) is 43.4 Å². The summed E-state index contributed by atoms with van der Waals surface area (Å²) in [6.07, 6.45) is 3.34. The lowest BCUT2D eigenvalue weighted by molar-refractivity contribution is 0.0488. The third-order valence-electron chi connectivity index (χ3n) is 2.94. The van der Waals surface area contributed by atoms with Crippen LogP contribution in [0.2, 0.25) is 0 Å². The molecule has 1 aromatic heterocycles. The maximum absolute atomic E-state index is 11.8. The predicted octanol–water partition coefficient (Wildman–Crippen LogP) is 0.891. The SMILES string of the molecule is CCCCOC(=O)c1n[nH]c(C2CC2)c1S(N)(=O)=O. The molecule has 0 amide bonds. The van der Waals surface area contributed by atoms with Crippen LogP contribution < -0.4 is 5.14 Å². The van der Waals surface area contributed by atoms with Gasteiger partial charge in [-0.15, -0.1) is 0 Å². The summed E-state index contributed by atoms with van der Waals surface area (Å²) in [6, 6.07) is 0. The van der Waals surface area contributed by atoms with E-state index >= 15 is 0 Å². The van der Waals surface area contributed by atoms with E-state index in [2.05, 4.69) is 10.2 Å². The van der Waals surface area contributed by atoms with Crippen LogP contribution in [-0.4, -0.2) is 31.2 Å². The second kappa shape index (κ2) is 5.30. The molecule has 8 heteroatoms. The summed E-state index contributed by atoms with van der Waals surface area (Å²) in [7, 11) is -4.00. The van der Waals surface area contributed by atoms with Crippen LogP contribution in [0.15, 0.2) is 4.90 Å². The van der Waals surface area contributed by atoms with Gasteiger partial charge in [0.05, 0.1) is 12.3 Å². The van der Waals surface area contributed by atoms with E-state index in [0.717, 1.165) is 25.7 Å². The van der Waals surface area contributed by atoms with Crippen molar-refractivity contribution in [2.24, 2.45) is 5.14 Å². The largest absolute Gasteiger partial charge is 0.461 e. The highest BCUT2D eigenvalue weighted by Crippen LogP contribution is 2.42. The summed E-state index contributed by atoms with van der Waals surface area (Å²) in [4.78, 5) is 11.6. The van der Waals surface area contributed by atoms with Crippen molar-refractivity contribution in [3.05, 3.63) is 11.4 Å². The molecule has 1 heterocycles. The molecule has 0 unspecified atom stereocenters. The fourth-order valence-electron chi connectivity index (χ4n) is 1.80. The van der Waals surface area contributed by atoms with Crippen molar-refractivity contribution in [1.29, 1.82) is 0 Å². The van der Waals surface area contributed by atoms with Crippen LogP contribution in [0.1, 0.15) is 54.7 Å². The molecule has 19 heavy (non-hydrogen) atoms. The van der Waals surface area contributed by atoms with E-state index in [1.807, 2.05) is 6.92 Å². The number of ether oxygens (including phenoxy) is 1. The van der Waals surface area contributed by atoms with Gasteiger partial charge in [-0.3, -0.25) is 5.10 Å². The number of nitrogens with zero attached hydrogens (tertiary/aromatic N) is 1. The number of hydrogen-bond donors (Lipinski definition) is 2. The van der Waals surface area contributed by atoms with Gasteiger partial charge in [0.2, 0.25) is 10.0 Å². The molecule has 0 radical (unpaired) electrons. The highest BCUT2D eigenvalue weighted by atomic mass is 32.2. The number of esters is 1. The number of rotatable bonds is 6. The first-order chi connectivity index (χ1) is 8.95. The molecule has 106 valence electrons. The third kappa shape index (κ3) is 3.13. The Bertz CT molecular complexity index is 575.